The van der Waals surface area contributed by atoms with E-state index in [1.807, 2.05) is 36.4 Å². The van der Waals surface area contributed by atoms with Crippen LogP contribution in [0.1, 0.15) is 11.1 Å². The van der Waals surface area contributed by atoms with E-state index < -0.39 is 6.10 Å². The molecule has 100 valence electrons. The minimum atomic E-state index is -0.491. The topological polar surface area (TPSA) is 20.2 Å². The van der Waals surface area contributed by atoms with Gasteiger partial charge in [0, 0.05) is 10.9 Å². The van der Waals surface area contributed by atoms with Crippen molar-refractivity contribution in [3.8, 4) is 0 Å². The second-order valence-corrected chi connectivity index (χ2v) is 6.01. The fraction of sp³-hybridized carbons (Fsp3) is 0.200. The van der Waals surface area contributed by atoms with Crippen molar-refractivity contribution < 1.29 is 5.11 Å². The molecule has 0 saturated carbocycles. The van der Waals surface area contributed by atoms with Crippen molar-refractivity contribution in [3.05, 3.63) is 68.1 Å². The smallest absolute Gasteiger partial charge is 0.0625 e. The van der Waals surface area contributed by atoms with Crippen molar-refractivity contribution in [1.29, 1.82) is 0 Å². The molecule has 0 fully saturated rings. The molecule has 0 saturated heterocycles. The lowest BCUT2D eigenvalue weighted by molar-refractivity contribution is 0.175. The lowest BCUT2D eigenvalue weighted by Crippen LogP contribution is -2.14. The third-order valence-corrected chi connectivity index (χ3v) is 4.53. The van der Waals surface area contributed by atoms with Crippen LogP contribution >= 0.6 is 39.1 Å². The predicted molar refractivity (Wildman–Crippen MR) is 84.0 cm³/mol. The molecule has 2 rings (SSSR count). The Kier molecular flexibility index (Phi) is 5.28. The third kappa shape index (κ3) is 3.96. The van der Waals surface area contributed by atoms with Crippen LogP contribution in [0.4, 0.5) is 0 Å². The fourth-order valence-electron chi connectivity index (χ4n) is 1.95. The summed E-state index contributed by atoms with van der Waals surface area (Å²) in [6, 6.07) is 13.3. The first kappa shape index (κ1) is 14.9. The zero-order chi connectivity index (χ0) is 13.8. The monoisotopic (exact) mass is 358 g/mol. The average molecular weight is 360 g/mol. The quantitative estimate of drug-likeness (QED) is 0.822. The van der Waals surface area contributed by atoms with E-state index in [0.29, 0.717) is 22.9 Å². The van der Waals surface area contributed by atoms with Crippen LogP contribution in [-0.2, 0) is 12.8 Å². The molecule has 0 aliphatic carbocycles. The summed E-state index contributed by atoms with van der Waals surface area (Å²) in [6.45, 7) is 0. The molecule has 0 aliphatic heterocycles. The molecule has 1 nitrogen and oxygen atoms in total. The molecule has 0 aromatic heterocycles. The maximum absolute atomic E-state index is 10.2. The Morgan fingerprint density at radius 3 is 2.32 bits per heavy atom. The molecular weight excluding hydrogens is 347 g/mol. The summed E-state index contributed by atoms with van der Waals surface area (Å²) in [5, 5.41) is 11.2. The maximum atomic E-state index is 10.2. The fourth-order valence-corrected chi connectivity index (χ4v) is 2.79. The molecule has 0 radical (unpaired) electrons. The van der Waals surface area contributed by atoms with Gasteiger partial charge in [-0.15, -0.1) is 0 Å². The number of aliphatic hydroxyl groups excluding tert-OH is 1. The van der Waals surface area contributed by atoms with Gasteiger partial charge in [0.25, 0.3) is 0 Å². The Balaban J connectivity index is 2.08. The van der Waals surface area contributed by atoms with Gasteiger partial charge >= 0.3 is 0 Å². The van der Waals surface area contributed by atoms with Crippen molar-refractivity contribution in [2.75, 3.05) is 0 Å². The Labute approximate surface area is 131 Å². The summed E-state index contributed by atoms with van der Waals surface area (Å²) < 4.78 is 1.01. The highest BCUT2D eigenvalue weighted by Crippen LogP contribution is 2.27. The Morgan fingerprint density at radius 1 is 0.947 bits per heavy atom. The number of rotatable bonds is 4. The van der Waals surface area contributed by atoms with E-state index in [-0.39, 0.29) is 0 Å². The van der Waals surface area contributed by atoms with Gasteiger partial charge in [-0.2, -0.15) is 0 Å². The standard InChI is InChI=1S/C15H13BrCl2O/c16-13-6-2-1-4-10(13)8-12(19)9-11-5-3-7-14(17)15(11)18/h1-7,12,19H,8-9H2. The summed E-state index contributed by atoms with van der Waals surface area (Å²) in [5.41, 5.74) is 1.95. The van der Waals surface area contributed by atoms with E-state index in [2.05, 4.69) is 15.9 Å². The van der Waals surface area contributed by atoms with Crippen LogP contribution in [0.5, 0.6) is 0 Å². The first-order valence-electron chi connectivity index (χ1n) is 5.92. The molecule has 4 heteroatoms. The van der Waals surface area contributed by atoms with Gasteiger partial charge < -0.3 is 5.11 Å². The molecule has 2 aromatic carbocycles. The molecule has 1 unspecified atom stereocenters. The van der Waals surface area contributed by atoms with E-state index in [0.717, 1.165) is 15.6 Å². The Bertz CT molecular complexity index is 572. The van der Waals surface area contributed by atoms with Gasteiger partial charge in [-0.25, -0.2) is 0 Å². The molecular formula is C15H13BrCl2O. The van der Waals surface area contributed by atoms with Crippen molar-refractivity contribution in [1.82, 2.24) is 0 Å². The summed E-state index contributed by atoms with van der Waals surface area (Å²) in [4.78, 5) is 0. The molecule has 1 N–H and O–H groups in total. The zero-order valence-electron chi connectivity index (χ0n) is 10.1. The lowest BCUT2D eigenvalue weighted by atomic mass is 10.0. The van der Waals surface area contributed by atoms with Crippen LogP contribution in [0.15, 0.2) is 46.9 Å². The average Bonchev–Trinajstić information content (AvgIpc) is 2.38. The van der Waals surface area contributed by atoms with E-state index in [9.17, 15) is 5.11 Å². The van der Waals surface area contributed by atoms with Crippen molar-refractivity contribution in [3.63, 3.8) is 0 Å². The van der Waals surface area contributed by atoms with Crippen molar-refractivity contribution >= 4 is 39.1 Å². The molecule has 2 aromatic rings. The number of hydrogen-bond donors (Lipinski definition) is 1. The van der Waals surface area contributed by atoms with Gasteiger partial charge in [0.15, 0.2) is 0 Å². The predicted octanol–water partition coefficient (Wildman–Crippen LogP) is 4.90. The number of aliphatic hydroxyl groups is 1. The van der Waals surface area contributed by atoms with Crippen molar-refractivity contribution in [2.24, 2.45) is 0 Å². The van der Waals surface area contributed by atoms with Gasteiger partial charge in [-0.1, -0.05) is 69.5 Å². The zero-order valence-corrected chi connectivity index (χ0v) is 13.2. The van der Waals surface area contributed by atoms with Crippen LogP contribution < -0.4 is 0 Å². The van der Waals surface area contributed by atoms with Crippen LogP contribution in [0.3, 0.4) is 0 Å². The van der Waals surface area contributed by atoms with E-state index in [4.69, 9.17) is 23.2 Å². The lowest BCUT2D eigenvalue weighted by Gasteiger charge is -2.13. The third-order valence-electron chi connectivity index (χ3n) is 2.90. The SMILES string of the molecule is OC(Cc1ccccc1Br)Cc1cccc(Cl)c1Cl. The Morgan fingerprint density at radius 2 is 1.58 bits per heavy atom. The minimum absolute atomic E-state index is 0.487. The Hall–Kier alpha value is -0.540. The number of halogens is 3. The van der Waals surface area contributed by atoms with Gasteiger partial charge in [0.1, 0.15) is 0 Å². The number of hydrogen-bond acceptors (Lipinski definition) is 1. The maximum Gasteiger partial charge on any atom is 0.0625 e. The van der Waals surface area contributed by atoms with Crippen LogP contribution in [0.25, 0.3) is 0 Å². The second-order valence-electron chi connectivity index (χ2n) is 4.37. The molecule has 0 aliphatic rings. The van der Waals surface area contributed by atoms with Crippen LogP contribution in [0, 0.1) is 0 Å². The molecule has 0 heterocycles. The second kappa shape index (κ2) is 6.76. The molecule has 1 atom stereocenters. The highest BCUT2D eigenvalue weighted by Gasteiger charge is 2.12. The van der Waals surface area contributed by atoms with Gasteiger partial charge in [-0.05, 0) is 29.7 Å². The molecule has 0 spiro atoms. The first-order chi connectivity index (χ1) is 9.08. The minimum Gasteiger partial charge on any atom is -0.392 e. The van der Waals surface area contributed by atoms with Gasteiger partial charge in [0.05, 0.1) is 16.1 Å². The van der Waals surface area contributed by atoms with E-state index >= 15 is 0 Å². The molecule has 19 heavy (non-hydrogen) atoms. The van der Waals surface area contributed by atoms with Gasteiger partial charge in [-0.3, -0.25) is 0 Å². The summed E-state index contributed by atoms with van der Waals surface area (Å²) in [7, 11) is 0. The normalized spacial score (nSPS) is 12.4. The van der Waals surface area contributed by atoms with Crippen LogP contribution in [-0.4, -0.2) is 11.2 Å². The highest BCUT2D eigenvalue weighted by molar-refractivity contribution is 9.10. The van der Waals surface area contributed by atoms with Crippen LogP contribution in [0.2, 0.25) is 10.0 Å². The molecule has 0 bridgehead atoms. The first-order valence-corrected chi connectivity index (χ1v) is 7.47. The number of benzene rings is 2. The summed E-state index contributed by atoms with van der Waals surface area (Å²) >= 11 is 15.6. The van der Waals surface area contributed by atoms with Gasteiger partial charge in [0.2, 0.25) is 0 Å². The van der Waals surface area contributed by atoms with Crippen molar-refractivity contribution in [2.45, 2.75) is 18.9 Å². The highest BCUT2D eigenvalue weighted by atomic mass is 79.9. The summed E-state index contributed by atoms with van der Waals surface area (Å²) in [5.74, 6) is 0. The summed E-state index contributed by atoms with van der Waals surface area (Å²) in [6.07, 6.45) is 0.569. The molecule has 0 amide bonds. The van der Waals surface area contributed by atoms with E-state index in [1.54, 1.807) is 6.07 Å². The van der Waals surface area contributed by atoms with E-state index in [1.165, 1.54) is 0 Å². The largest absolute Gasteiger partial charge is 0.392 e.